The van der Waals surface area contributed by atoms with Crippen molar-refractivity contribution in [3.63, 3.8) is 0 Å². The van der Waals surface area contributed by atoms with E-state index in [0.29, 0.717) is 34.7 Å². The van der Waals surface area contributed by atoms with Crippen molar-refractivity contribution in [2.45, 2.75) is 93.7 Å². The van der Waals surface area contributed by atoms with Crippen LogP contribution in [0.1, 0.15) is 76.3 Å². The van der Waals surface area contributed by atoms with Crippen molar-refractivity contribution >= 4 is 34.3 Å². The summed E-state index contributed by atoms with van der Waals surface area (Å²) in [5.74, 6) is -2.93. The average Bonchev–Trinajstić information content (AvgIpc) is 3.31. The summed E-state index contributed by atoms with van der Waals surface area (Å²) in [5.41, 5.74) is -0.727. The van der Waals surface area contributed by atoms with Crippen LogP contribution in [0, 0.1) is 23.0 Å². The lowest BCUT2D eigenvalue weighted by Crippen LogP contribution is -2.48. The van der Waals surface area contributed by atoms with Gasteiger partial charge in [-0.2, -0.15) is 0 Å². The number of ketones is 1. The summed E-state index contributed by atoms with van der Waals surface area (Å²) in [6.45, 7) is 6.20. The minimum absolute atomic E-state index is 0.0445. The number of nitrogens with one attached hydrogen (secondary N) is 1. The zero-order valence-corrected chi connectivity index (χ0v) is 23.5. The third-order valence-corrected chi connectivity index (χ3v) is 9.79. The lowest BCUT2D eigenvalue weighted by Gasteiger charge is -2.38. The van der Waals surface area contributed by atoms with Gasteiger partial charge in [0.2, 0.25) is 5.12 Å². The summed E-state index contributed by atoms with van der Waals surface area (Å²) < 4.78 is 30.2. The minimum Gasteiger partial charge on any atom is -0.393 e. The van der Waals surface area contributed by atoms with Gasteiger partial charge in [-0.05, 0) is 72.8 Å². The number of carbonyl (C=O) groups excluding carboxylic acids is 2. The number of rotatable bonds is 5. The van der Waals surface area contributed by atoms with Crippen molar-refractivity contribution in [3.8, 4) is 0 Å². The van der Waals surface area contributed by atoms with E-state index in [4.69, 9.17) is 11.6 Å². The largest absolute Gasteiger partial charge is 0.393 e. The number of fused-ring (bicyclic) bond motifs is 2. The van der Waals surface area contributed by atoms with Gasteiger partial charge in [-0.1, -0.05) is 62.3 Å². The Morgan fingerprint density at radius 2 is 1.87 bits per heavy atom. The molecule has 2 N–H and O–H groups in total. The molecule has 2 fully saturated rings. The van der Waals surface area contributed by atoms with Gasteiger partial charge in [0.25, 0.3) is 0 Å². The van der Waals surface area contributed by atoms with Gasteiger partial charge >= 0.3 is 0 Å². The second-order valence-electron chi connectivity index (χ2n) is 12.3. The molecule has 5 rings (SSSR count). The first-order valence-corrected chi connectivity index (χ1v) is 14.5. The fourth-order valence-electron chi connectivity index (χ4n) is 6.82. The Labute approximate surface area is 231 Å². The Kier molecular flexibility index (Phi) is 7.53. The molecule has 0 amide bonds. The molecule has 0 unspecified atom stereocenters. The molecule has 8 heteroatoms. The second-order valence-corrected chi connectivity index (χ2v) is 13.8. The van der Waals surface area contributed by atoms with E-state index in [9.17, 15) is 19.1 Å². The summed E-state index contributed by atoms with van der Waals surface area (Å²) in [7, 11) is 0. The van der Waals surface area contributed by atoms with E-state index in [1.807, 2.05) is 6.07 Å². The van der Waals surface area contributed by atoms with Crippen LogP contribution in [-0.4, -0.2) is 34.2 Å². The molecule has 2 heterocycles. The molecular formula is C30H34ClF2NO3S. The first kappa shape index (κ1) is 27.8. The van der Waals surface area contributed by atoms with Crippen LogP contribution in [0.5, 0.6) is 0 Å². The lowest BCUT2D eigenvalue weighted by molar-refractivity contribution is -0.122. The third-order valence-electron chi connectivity index (χ3n) is 8.47. The average molecular weight is 562 g/mol. The molecule has 1 saturated carbocycles. The predicted octanol–water partition coefficient (Wildman–Crippen LogP) is 6.56. The Balaban J connectivity index is 1.67. The normalized spacial score (nSPS) is 31.1. The molecule has 1 spiro atoms. The monoisotopic (exact) mass is 561 g/mol. The van der Waals surface area contributed by atoms with Gasteiger partial charge in [0.15, 0.2) is 17.4 Å². The van der Waals surface area contributed by atoms with Crippen LogP contribution in [0.2, 0.25) is 5.02 Å². The van der Waals surface area contributed by atoms with Crippen molar-refractivity contribution in [2.75, 3.05) is 0 Å². The molecule has 0 bridgehead atoms. The highest BCUT2D eigenvalue weighted by molar-refractivity contribution is 8.14. The van der Waals surface area contributed by atoms with Gasteiger partial charge in [0.1, 0.15) is 0 Å². The Morgan fingerprint density at radius 1 is 1.16 bits per heavy atom. The first-order chi connectivity index (χ1) is 17.9. The summed E-state index contributed by atoms with van der Waals surface area (Å²) in [6.07, 6.45) is 3.27. The van der Waals surface area contributed by atoms with E-state index in [1.165, 1.54) is 12.1 Å². The number of aliphatic hydroxyl groups is 1. The molecule has 1 aliphatic carbocycles. The molecular weight excluding hydrogens is 528 g/mol. The van der Waals surface area contributed by atoms with Crippen LogP contribution in [0.15, 0.2) is 41.3 Å². The topological polar surface area (TPSA) is 66.4 Å². The summed E-state index contributed by atoms with van der Waals surface area (Å²) in [6, 6.07) is 7.94. The van der Waals surface area contributed by atoms with Crippen molar-refractivity contribution in [1.82, 2.24) is 5.32 Å². The highest BCUT2D eigenvalue weighted by atomic mass is 35.5. The van der Waals surface area contributed by atoms with Gasteiger partial charge in [0, 0.05) is 28.3 Å². The maximum Gasteiger partial charge on any atom is 0.206 e. The van der Waals surface area contributed by atoms with E-state index in [0.717, 1.165) is 30.7 Å². The van der Waals surface area contributed by atoms with Gasteiger partial charge in [-0.15, -0.1) is 0 Å². The number of carbonyl (C=O) groups is 2. The van der Waals surface area contributed by atoms with Gasteiger partial charge < -0.3 is 10.4 Å². The van der Waals surface area contributed by atoms with Crippen LogP contribution in [0.3, 0.4) is 0 Å². The number of aliphatic hydroxyl groups excluding tert-OH is 1. The smallest absolute Gasteiger partial charge is 0.206 e. The minimum atomic E-state index is -1.27. The predicted molar refractivity (Wildman–Crippen MR) is 145 cm³/mol. The molecule has 4 nitrogen and oxygen atoms in total. The van der Waals surface area contributed by atoms with Crippen molar-refractivity contribution in [2.24, 2.45) is 11.3 Å². The molecule has 2 aromatic carbocycles. The lowest BCUT2D eigenvalue weighted by atomic mass is 9.62. The number of benzene rings is 2. The maximum absolute atomic E-state index is 15.6. The number of thioether (sulfide) groups is 1. The highest BCUT2D eigenvalue weighted by Gasteiger charge is 2.66. The first-order valence-electron chi connectivity index (χ1n) is 13.3. The number of hydrogen-bond donors (Lipinski definition) is 2. The van der Waals surface area contributed by atoms with E-state index < -0.39 is 35.1 Å². The molecule has 3 aliphatic rings. The van der Waals surface area contributed by atoms with Crippen molar-refractivity contribution in [3.05, 3.63) is 64.2 Å². The molecule has 4 atom stereocenters. The van der Waals surface area contributed by atoms with E-state index in [-0.39, 0.29) is 40.3 Å². The highest BCUT2D eigenvalue weighted by Crippen LogP contribution is 2.60. The Morgan fingerprint density at radius 3 is 2.55 bits per heavy atom. The van der Waals surface area contributed by atoms with Crippen molar-refractivity contribution < 1.29 is 23.5 Å². The maximum atomic E-state index is 15.6. The summed E-state index contributed by atoms with van der Waals surface area (Å²) >= 11 is 7.36. The summed E-state index contributed by atoms with van der Waals surface area (Å²) in [5, 5.41) is 13.7. The standard InChI is InChI=1S/C30H34ClF2NO3S/c1-29(2,3)15-24-30(20-12-9-17(31)14-23(20)38-28(30)37)25(19-5-4-6-21(32)26(19)33)27(34-24)22(36)13-16-7-10-18(35)11-8-16/h4-6,9,12,14,16,18,24-25,27,34-35H,7-8,10-11,13,15H2,1-3H3/t16?,18?,24-,25+,27+,30+/m1/s1. The number of Topliss-reactive ketones (excluding diaryl/α,β-unsaturated/α-hetero) is 1. The molecule has 204 valence electrons. The quantitative estimate of drug-likeness (QED) is 0.433. The van der Waals surface area contributed by atoms with Crippen LogP contribution < -0.4 is 5.32 Å². The molecule has 38 heavy (non-hydrogen) atoms. The SMILES string of the molecule is CC(C)(C)C[C@H]1N[C@@H](C(=O)CC2CCC(O)CC2)[C@H](c2cccc(F)c2F)[C@@]12C(=O)Sc1cc(Cl)ccc12. The molecule has 0 radical (unpaired) electrons. The summed E-state index contributed by atoms with van der Waals surface area (Å²) in [4.78, 5) is 28.9. The van der Waals surface area contributed by atoms with Crippen LogP contribution in [0.4, 0.5) is 8.78 Å². The molecule has 0 aromatic heterocycles. The van der Waals surface area contributed by atoms with Crippen LogP contribution >= 0.6 is 23.4 Å². The van der Waals surface area contributed by atoms with Gasteiger partial charge in [-0.3, -0.25) is 9.59 Å². The van der Waals surface area contributed by atoms with E-state index in [2.05, 4.69) is 26.1 Å². The van der Waals surface area contributed by atoms with Gasteiger partial charge in [0.05, 0.1) is 17.6 Å². The molecule has 2 aromatic rings. The zero-order valence-electron chi connectivity index (χ0n) is 21.9. The fraction of sp³-hybridized carbons (Fsp3) is 0.533. The third kappa shape index (κ3) is 4.85. The van der Waals surface area contributed by atoms with Crippen molar-refractivity contribution in [1.29, 1.82) is 0 Å². The zero-order chi connectivity index (χ0) is 27.4. The van der Waals surface area contributed by atoms with Crippen LogP contribution in [0.25, 0.3) is 0 Å². The Hall–Kier alpha value is -1.80. The number of halogens is 3. The Bertz CT molecular complexity index is 1260. The second kappa shape index (κ2) is 10.3. The van der Waals surface area contributed by atoms with E-state index >= 15 is 4.39 Å². The number of hydrogen-bond acceptors (Lipinski definition) is 5. The van der Waals surface area contributed by atoms with Gasteiger partial charge in [-0.25, -0.2) is 8.78 Å². The fourth-order valence-corrected chi connectivity index (χ4v) is 8.34. The molecule has 1 saturated heterocycles. The molecule has 2 aliphatic heterocycles. The van der Waals surface area contributed by atoms with E-state index in [1.54, 1.807) is 12.1 Å². The van der Waals surface area contributed by atoms with Crippen LogP contribution in [-0.2, 0) is 15.0 Å².